The van der Waals surface area contributed by atoms with Crippen molar-refractivity contribution in [3.05, 3.63) is 65.1 Å². The number of fused-ring (bicyclic) bond motifs is 1. The fraction of sp³-hybridized carbons (Fsp3) is 0.273. The quantitative estimate of drug-likeness (QED) is 0.642. The lowest BCUT2D eigenvalue weighted by atomic mass is 9.97. The van der Waals surface area contributed by atoms with Gasteiger partial charge in [0.2, 0.25) is 15.9 Å². The van der Waals surface area contributed by atoms with Crippen LogP contribution in [0.15, 0.2) is 53.9 Å². The van der Waals surface area contributed by atoms with Gasteiger partial charge in [-0.2, -0.15) is 4.31 Å². The maximum absolute atomic E-state index is 12.7. The molecule has 0 aliphatic carbocycles. The Hall–Kier alpha value is -2.55. The van der Waals surface area contributed by atoms with Crippen molar-refractivity contribution < 1.29 is 13.2 Å². The summed E-state index contributed by atoms with van der Waals surface area (Å²) in [5.41, 5.74) is 2.85. The molecule has 3 aromatic rings. The molecule has 8 heteroatoms. The number of nitrogens with one attached hydrogen (secondary N) is 1. The lowest BCUT2D eigenvalue weighted by Gasteiger charge is -2.29. The molecule has 1 amide bonds. The molecule has 1 fully saturated rings. The van der Waals surface area contributed by atoms with E-state index in [0.717, 1.165) is 21.3 Å². The van der Waals surface area contributed by atoms with Crippen molar-refractivity contribution in [1.29, 1.82) is 0 Å². The number of carbonyl (C=O) groups excluding carboxylic acids is 1. The van der Waals surface area contributed by atoms with Crippen molar-refractivity contribution >= 4 is 48.7 Å². The number of hydrogen-bond acceptors (Lipinski definition) is 5. The topological polar surface area (TPSA) is 79.4 Å². The van der Waals surface area contributed by atoms with Gasteiger partial charge < -0.3 is 5.32 Å². The number of piperidine rings is 1. The first-order valence-electron chi connectivity index (χ1n) is 9.82. The molecule has 0 radical (unpaired) electrons. The van der Waals surface area contributed by atoms with Crippen LogP contribution in [0.1, 0.15) is 24.0 Å². The Bertz CT molecular complexity index is 1180. The zero-order valence-electron chi connectivity index (χ0n) is 16.6. The summed E-state index contributed by atoms with van der Waals surface area (Å²) in [5.74, 6) is -0.314. The number of amides is 1. The van der Waals surface area contributed by atoms with Gasteiger partial charge in [0.1, 0.15) is 0 Å². The lowest BCUT2D eigenvalue weighted by molar-refractivity contribution is -0.120. The third-order valence-electron chi connectivity index (χ3n) is 5.19. The van der Waals surface area contributed by atoms with Gasteiger partial charge in [0.15, 0.2) is 5.13 Å². The summed E-state index contributed by atoms with van der Waals surface area (Å²) in [7, 11) is -3.50. The number of aromatic nitrogens is 1. The van der Waals surface area contributed by atoms with Gasteiger partial charge in [-0.05, 0) is 49.1 Å². The van der Waals surface area contributed by atoms with Gasteiger partial charge in [-0.15, -0.1) is 0 Å². The van der Waals surface area contributed by atoms with Crippen LogP contribution in [0.25, 0.3) is 16.3 Å². The van der Waals surface area contributed by atoms with Crippen LogP contribution in [0.4, 0.5) is 5.13 Å². The standard InChI is InChI=1S/C22H23N3O3S2/c1-16-7-8-19-20(15-16)29-22(23-19)24-21(26)18-9-12-25(13-10-18)30(27,28)14-11-17-5-3-2-4-6-17/h2-8,11,14-15,18H,9-10,12-13H2,1H3,(H,23,24,26)/b14-11+. The summed E-state index contributed by atoms with van der Waals surface area (Å²) in [4.78, 5) is 17.1. The van der Waals surface area contributed by atoms with Crippen LogP contribution in [0, 0.1) is 12.8 Å². The fourth-order valence-corrected chi connectivity index (χ4v) is 5.67. The molecule has 0 unspecified atom stereocenters. The summed E-state index contributed by atoms with van der Waals surface area (Å²) in [5, 5.41) is 4.73. The summed E-state index contributed by atoms with van der Waals surface area (Å²) in [6.45, 7) is 2.69. The molecule has 1 saturated heterocycles. The number of aryl methyl sites for hydroxylation is 1. The Kier molecular flexibility index (Phi) is 5.99. The fourth-order valence-electron chi connectivity index (χ4n) is 3.48. The Morgan fingerprint density at radius 3 is 2.63 bits per heavy atom. The van der Waals surface area contributed by atoms with Gasteiger partial charge in [0.05, 0.1) is 10.2 Å². The maximum Gasteiger partial charge on any atom is 0.236 e. The number of benzene rings is 2. The minimum absolute atomic E-state index is 0.0948. The SMILES string of the molecule is Cc1ccc2nc(NC(=O)C3CCN(S(=O)(=O)/C=C/c4ccccc4)CC3)sc2c1. The first-order valence-corrected chi connectivity index (χ1v) is 12.1. The van der Waals surface area contributed by atoms with Crippen LogP contribution in [-0.4, -0.2) is 36.7 Å². The van der Waals surface area contributed by atoms with Crippen LogP contribution in [0.5, 0.6) is 0 Å². The molecule has 156 valence electrons. The second-order valence-electron chi connectivity index (χ2n) is 7.41. The first kappa shape index (κ1) is 20.7. The Morgan fingerprint density at radius 2 is 1.90 bits per heavy atom. The molecule has 6 nitrogen and oxygen atoms in total. The van der Waals surface area contributed by atoms with Gasteiger partial charge in [-0.1, -0.05) is 47.7 Å². The molecule has 0 atom stereocenters. The van der Waals surface area contributed by atoms with Crippen molar-refractivity contribution in [3.63, 3.8) is 0 Å². The number of carbonyl (C=O) groups is 1. The molecule has 0 saturated carbocycles. The van der Waals surface area contributed by atoms with Crippen molar-refractivity contribution in [3.8, 4) is 0 Å². The van der Waals surface area contributed by atoms with Crippen LogP contribution in [0.2, 0.25) is 0 Å². The van der Waals surface area contributed by atoms with E-state index >= 15 is 0 Å². The minimum Gasteiger partial charge on any atom is -0.302 e. The van der Waals surface area contributed by atoms with E-state index in [1.165, 1.54) is 21.1 Å². The van der Waals surface area contributed by atoms with E-state index in [0.29, 0.717) is 31.1 Å². The van der Waals surface area contributed by atoms with Crippen molar-refractivity contribution in [2.24, 2.45) is 5.92 Å². The molecular formula is C22H23N3O3S2. The molecule has 2 heterocycles. The zero-order valence-corrected chi connectivity index (χ0v) is 18.2. The molecular weight excluding hydrogens is 418 g/mol. The van der Waals surface area contributed by atoms with E-state index in [-0.39, 0.29) is 11.8 Å². The van der Waals surface area contributed by atoms with Gasteiger partial charge in [-0.3, -0.25) is 4.79 Å². The third-order valence-corrected chi connectivity index (χ3v) is 7.69. The summed E-state index contributed by atoms with van der Waals surface area (Å²) >= 11 is 1.45. The van der Waals surface area contributed by atoms with Gasteiger partial charge in [0, 0.05) is 24.4 Å². The normalized spacial score (nSPS) is 16.3. The Labute approximate surface area is 180 Å². The number of thiazole rings is 1. The molecule has 0 spiro atoms. The minimum atomic E-state index is -3.50. The largest absolute Gasteiger partial charge is 0.302 e. The molecule has 4 rings (SSSR count). The molecule has 1 aliphatic rings. The van der Waals surface area contributed by atoms with Crippen molar-refractivity contribution in [2.75, 3.05) is 18.4 Å². The van der Waals surface area contributed by atoms with E-state index in [2.05, 4.69) is 16.4 Å². The van der Waals surface area contributed by atoms with E-state index in [1.807, 2.05) is 49.4 Å². The molecule has 30 heavy (non-hydrogen) atoms. The maximum atomic E-state index is 12.7. The van der Waals surface area contributed by atoms with Crippen molar-refractivity contribution in [1.82, 2.24) is 9.29 Å². The average molecular weight is 442 g/mol. The van der Waals surface area contributed by atoms with Crippen LogP contribution in [0.3, 0.4) is 0 Å². The Morgan fingerprint density at radius 1 is 1.17 bits per heavy atom. The highest BCUT2D eigenvalue weighted by molar-refractivity contribution is 7.92. The zero-order chi connectivity index (χ0) is 21.1. The Balaban J connectivity index is 1.35. The van der Waals surface area contributed by atoms with E-state index < -0.39 is 10.0 Å². The summed E-state index contributed by atoms with van der Waals surface area (Å²) < 4.78 is 27.6. The van der Waals surface area contributed by atoms with Gasteiger partial charge in [-0.25, -0.2) is 13.4 Å². The predicted octanol–water partition coefficient (Wildman–Crippen LogP) is 4.26. The van der Waals surface area contributed by atoms with Crippen LogP contribution >= 0.6 is 11.3 Å². The number of nitrogens with zero attached hydrogens (tertiary/aromatic N) is 2. The average Bonchev–Trinajstić information content (AvgIpc) is 3.14. The van der Waals surface area contributed by atoms with E-state index in [1.54, 1.807) is 6.08 Å². The third kappa shape index (κ3) is 4.77. The monoisotopic (exact) mass is 441 g/mol. The molecule has 1 N–H and O–H groups in total. The second-order valence-corrected chi connectivity index (χ2v) is 10.3. The van der Waals surface area contributed by atoms with Gasteiger partial charge in [0.25, 0.3) is 0 Å². The molecule has 1 aliphatic heterocycles. The number of hydrogen-bond donors (Lipinski definition) is 1. The molecule has 1 aromatic heterocycles. The summed E-state index contributed by atoms with van der Waals surface area (Å²) in [6.07, 6.45) is 2.59. The highest BCUT2D eigenvalue weighted by Crippen LogP contribution is 2.28. The van der Waals surface area contributed by atoms with E-state index in [9.17, 15) is 13.2 Å². The predicted molar refractivity (Wildman–Crippen MR) is 122 cm³/mol. The smallest absolute Gasteiger partial charge is 0.236 e. The van der Waals surface area contributed by atoms with E-state index in [4.69, 9.17) is 0 Å². The van der Waals surface area contributed by atoms with Crippen LogP contribution in [-0.2, 0) is 14.8 Å². The second kappa shape index (κ2) is 8.67. The number of anilines is 1. The summed E-state index contributed by atoms with van der Waals surface area (Å²) in [6, 6.07) is 15.3. The van der Waals surface area contributed by atoms with Crippen molar-refractivity contribution in [2.45, 2.75) is 19.8 Å². The molecule has 0 bridgehead atoms. The highest BCUT2D eigenvalue weighted by atomic mass is 32.2. The lowest BCUT2D eigenvalue weighted by Crippen LogP contribution is -2.40. The first-order chi connectivity index (χ1) is 14.4. The number of sulfonamides is 1. The van der Waals surface area contributed by atoms with Gasteiger partial charge >= 0.3 is 0 Å². The van der Waals surface area contributed by atoms with Crippen LogP contribution < -0.4 is 5.32 Å². The number of rotatable bonds is 5. The highest BCUT2D eigenvalue weighted by Gasteiger charge is 2.30. The molecule has 2 aromatic carbocycles.